The molecule has 0 atom stereocenters. The summed E-state index contributed by atoms with van der Waals surface area (Å²) in [5.41, 5.74) is 0. The molecule has 0 unspecified atom stereocenters. The third-order valence-corrected chi connectivity index (χ3v) is 8.33. The van der Waals surface area contributed by atoms with Crippen LogP contribution in [-0.2, 0) is 19.2 Å². The summed E-state index contributed by atoms with van der Waals surface area (Å²) in [6.45, 7) is 10.8. The quantitative estimate of drug-likeness (QED) is 0.0968. The van der Waals surface area contributed by atoms with E-state index in [-0.39, 0.29) is 23.9 Å². The van der Waals surface area contributed by atoms with Gasteiger partial charge in [-0.05, 0) is 65.4 Å². The van der Waals surface area contributed by atoms with Crippen molar-refractivity contribution in [1.29, 1.82) is 0 Å². The molecule has 0 aromatic heterocycles. The number of carboxylic acids is 4. The molecule has 0 rings (SSSR count). The van der Waals surface area contributed by atoms with E-state index in [2.05, 4.69) is 20.8 Å². The van der Waals surface area contributed by atoms with Crippen LogP contribution in [0.5, 0.6) is 0 Å². The summed E-state index contributed by atoms with van der Waals surface area (Å²) >= 11 is 0. The molecular weight excluding hydrogens is 662 g/mol. The van der Waals surface area contributed by atoms with Gasteiger partial charge in [-0.15, -0.1) is 7.92 Å². The van der Waals surface area contributed by atoms with Gasteiger partial charge in [0.25, 0.3) is 0 Å². The minimum Gasteiger partial charge on any atom is -0.550 e. The zero-order valence-electron chi connectivity index (χ0n) is 28.1. The minimum atomic E-state index is -1.08. The third kappa shape index (κ3) is 106. The Hall–Kier alpha value is -0.891. The molecule has 0 aromatic rings. The summed E-state index contributed by atoms with van der Waals surface area (Å²) in [6.07, 6.45) is 31.2. The molecule has 0 aliphatic heterocycles. The van der Waals surface area contributed by atoms with E-state index in [0.717, 1.165) is 27.7 Å². The average molecular weight is 726 g/mol. The Morgan fingerprint density at radius 2 is 0.524 bits per heavy atom. The molecule has 0 aromatic carbocycles. The first-order valence-electron chi connectivity index (χ1n) is 15.7. The molecule has 0 spiro atoms. The van der Waals surface area contributed by atoms with E-state index in [9.17, 15) is 0 Å². The summed E-state index contributed by atoms with van der Waals surface area (Å²) in [7, 11) is 0.366. The van der Waals surface area contributed by atoms with Crippen molar-refractivity contribution < 1.29 is 39.6 Å². The van der Waals surface area contributed by atoms with Crippen LogP contribution in [0.3, 0.4) is 0 Å². The first kappa shape index (κ1) is 53.7. The molecule has 0 saturated carbocycles. The maximum atomic E-state index is 8.89. The smallest absolute Gasteiger partial charge is 0.550 e. The molecule has 0 saturated heterocycles. The maximum absolute atomic E-state index is 8.89. The Morgan fingerprint density at radius 1 is 0.381 bits per heavy atom. The second kappa shape index (κ2) is 49.8. The second-order valence-corrected chi connectivity index (χ2v) is 12.8. The van der Waals surface area contributed by atoms with Crippen LogP contribution in [0.4, 0.5) is 0 Å². The van der Waals surface area contributed by atoms with Crippen molar-refractivity contribution in [3.05, 3.63) is 0 Å². The molecule has 0 N–H and O–H groups in total. The van der Waals surface area contributed by atoms with Crippen molar-refractivity contribution in [2.75, 3.05) is 18.5 Å². The van der Waals surface area contributed by atoms with Gasteiger partial charge in [0.2, 0.25) is 0 Å². The molecule has 42 heavy (non-hydrogen) atoms. The largest absolute Gasteiger partial charge is 4.00 e. The molecule has 0 aliphatic carbocycles. The van der Waals surface area contributed by atoms with Crippen molar-refractivity contribution in [2.24, 2.45) is 0 Å². The van der Waals surface area contributed by atoms with Crippen LogP contribution in [0.1, 0.15) is 164 Å². The molecule has 0 amide bonds. The summed E-state index contributed by atoms with van der Waals surface area (Å²) in [5.74, 6) is -4.33. The monoisotopic (exact) mass is 726 g/mol. The second-order valence-electron chi connectivity index (χ2n) is 10.1. The molecule has 0 fully saturated rings. The van der Waals surface area contributed by atoms with Gasteiger partial charge in [-0.25, -0.2) is 0 Å². The van der Waals surface area contributed by atoms with Crippen LogP contribution in [0, 0.1) is 0 Å². The van der Waals surface area contributed by atoms with Gasteiger partial charge < -0.3 is 39.6 Å². The third-order valence-electron chi connectivity index (χ3n) is 5.48. The summed E-state index contributed by atoms with van der Waals surface area (Å²) in [6, 6.07) is 0. The van der Waals surface area contributed by atoms with Crippen LogP contribution < -0.4 is 20.4 Å². The summed E-state index contributed by atoms with van der Waals surface area (Å²) < 4.78 is 0. The topological polar surface area (TPSA) is 161 Å². The molecule has 0 aliphatic rings. The summed E-state index contributed by atoms with van der Waals surface area (Å²) in [5, 5.41) is 35.6. The Kier molecular flexibility index (Phi) is 63.6. The van der Waals surface area contributed by atoms with Gasteiger partial charge >= 0.3 is 23.9 Å². The number of carboxylic acid groups (broad SMARTS) is 4. The number of carbonyl (C=O) groups excluding carboxylic acids is 4. The van der Waals surface area contributed by atoms with Crippen molar-refractivity contribution in [3.63, 3.8) is 0 Å². The first-order chi connectivity index (χ1) is 19.3. The predicted molar refractivity (Wildman–Crippen MR) is 170 cm³/mol. The van der Waals surface area contributed by atoms with E-state index >= 15 is 0 Å². The van der Waals surface area contributed by atoms with E-state index in [4.69, 9.17) is 39.6 Å². The Morgan fingerprint density at radius 3 is 0.690 bits per heavy atom. The molecule has 0 heterocycles. The zero-order chi connectivity index (χ0) is 32.7. The van der Waals surface area contributed by atoms with Crippen LogP contribution in [0.15, 0.2) is 0 Å². The molecule has 0 radical (unpaired) electrons. The SMILES string of the molecule is CC(=O)[O-].CC(=O)[O-].CC(=O)[O-].CC(=O)[O-].CCCCCCCCP(CCCCCCCC)CCCCCCCC.[Sn+4]. The number of aliphatic carboxylic acids is 4. The fraction of sp³-hybridized carbons (Fsp3) is 0.875. The molecule has 10 heteroatoms. The fourth-order valence-electron chi connectivity index (χ4n) is 3.68. The van der Waals surface area contributed by atoms with Crippen molar-refractivity contribution in [2.45, 2.75) is 164 Å². The predicted octanol–water partition coefficient (Wildman–Crippen LogP) is 4.19. The van der Waals surface area contributed by atoms with Crippen LogP contribution in [-0.4, -0.2) is 66.3 Å². The zero-order valence-corrected chi connectivity index (χ0v) is 31.8. The average Bonchev–Trinajstić information content (AvgIpc) is 2.83. The van der Waals surface area contributed by atoms with Crippen molar-refractivity contribution in [1.82, 2.24) is 0 Å². The normalized spacial score (nSPS) is 9.24. The van der Waals surface area contributed by atoms with Gasteiger partial charge in [0, 0.05) is 23.9 Å². The first-order valence-corrected chi connectivity index (χ1v) is 17.6. The maximum Gasteiger partial charge on any atom is 4.00 e. The number of hydrogen-bond acceptors (Lipinski definition) is 8. The van der Waals surface area contributed by atoms with Gasteiger partial charge in [-0.3, -0.25) is 0 Å². The van der Waals surface area contributed by atoms with Gasteiger partial charge in [0.1, 0.15) is 0 Å². The van der Waals surface area contributed by atoms with Crippen LogP contribution >= 0.6 is 7.92 Å². The van der Waals surface area contributed by atoms with Gasteiger partial charge in [0.05, 0.1) is 0 Å². The molecule has 0 bridgehead atoms. The van der Waals surface area contributed by atoms with E-state index < -0.39 is 23.9 Å². The van der Waals surface area contributed by atoms with E-state index in [0.29, 0.717) is 7.92 Å². The van der Waals surface area contributed by atoms with E-state index in [1.807, 2.05) is 0 Å². The standard InChI is InChI=1S/C24H51P.4C2H4O2.Sn/c1-4-7-10-13-16-19-22-25(23-20-17-14-11-8-5-2)24-21-18-15-12-9-6-3;4*1-2(3)4;/h4-24H2,1-3H3;4*1H3,(H,3,4);/q;;;;;+4/p-4. The number of hydrogen-bond donors (Lipinski definition) is 0. The van der Waals surface area contributed by atoms with Crippen LogP contribution in [0.25, 0.3) is 0 Å². The molecule has 248 valence electrons. The summed E-state index contributed by atoms with van der Waals surface area (Å²) in [4.78, 5) is 35.6. The van der Waals surface area contributed by atoms with Gasteiger partial charge in [0.15, 0.2) is 0 Å². The van der Waals surface area contributed by atoms with E-state index in [1.165, 1.54) is 116 Å². The molecular formula is C32H63O8PSn. The van der Waals surface area contributed by atoms with Crippen molar-refractivity contribution >= 4 is 55.7 Å². The Balaban J connectivity index is -0.000000155. The Bertz CT molecular complexity index is 461. The molecule has 8 nitrogen and oxygen atoms in total. The van der Waals surface area contributed by atoms with Crippen LogP contribution in [0.2, 0.25) is 0 Å². The number of rotatable bonds is 21. The number of carbonyl (C=O) groups is 4. The van der Waals surface area contributed by atoms with Gasteiger partial charge in [-0.2, -0.15) is 0 Å². The van der Waals surface area contributed by atoms with E-state index in [1.54, 1.807) is 18.5 Å². The van der Waals surface area contributed by atoms with Gasteiger partial charge in [-0.1, -0.05) is 117 Å². The Labute approximate surface area is 276 Å². The number of unbranched alkanes of at least 4 members (excludes halogenated alkanes) is 15. The fourth-order valence-corrected chi connectivity index (χ4v) is 6.37. The minimum absolute atomic E-state index is 0. The van der Waals surface area contributed by atoms with Crippen molar-refractivity contribution in [3.8, 4) is 0 Å².